The van der Waals surface area contributed by atoms with Gasteiger partial charge in [-0.3, -0.25) is 4.31 Å². The minimum Gasteiger partial charge on any atom is -0.256 e. The van der Waals surface area contributed by atoms with Gasteiger partial charge in [0, 0.05) is 11.9 Å². The Bertz CT molecular complexity index is 253. The molecule has 2 heterocycles. The molecule has 0 amide bonds. The third kappa shape index (κ3) is 1.42. The Hall–Kier alpha value is 0.310. The Labute approximate surface area is 90.7 Å². The summed E-state index contributed by atoms with van der Waals surface area (Å²) < 4.78 is 2.83. The Morgan fingerprint density at radius 3 is 2.93 bits per heavy atom. The molecule has 82 valence electrons. The molecule has 4 unspecified atom stereocenters. The Kier molecular flexibility index (Phi) is 1.98. The average molecular weight is 213 g/mol. The molecule has 0 radical (unpaired) electrons. The Morgan fingerprint density at radius 2 is 2.21 bits per heavy atom. The maximum atomic E-state index is 2.83. The van der Waals surface area contributed by atoms with Crippen LogP contribution in [0.2, 0.25) is 0 Å². The van der Waals surface area contributed by atoms with Gasteiger partial charge in [-0.1, -0.05) is 20.8 Å². The van der Waals surface area contributed by atoms with Gasteiger partial charge in [0.15, 0.2) is 0 Å². The first-order valence-corrected chi connectivity index (χ1v) is 7.78. The van der Waals surface area contributed by atoms with Gasteiger partial charge >= 0.3 is 0 Å². The summed E-state index contributed by atoms with van der Waals surface area (Å²) in [5.41, 5.74) is 0.782. The second-order valence-corrected chi connectivity index (χ2v) is 8.35. The van der Waals surface area contributed by atoms with Crippen molar-refractivity contribution in [3.05, 3.63) is 0 Å². The zero-order chi connectivity index (χ0) is 9.92. The predicted molar refractivity (Wildman–Crippen MR) is 64.6 cm³/mol. The van der Waals surface area contributed by atoms with Crippen LogP contribution in [0.3, 0.4) is 0 Å². The van der Waals surface area contributed by atoms with Crippen molar-refractivity contribution in [2.45, 2.75) is 46.1 Å². The second-order valence-electron chi connectivity index (χ2n) is 6.18. The summed E-state index contributed by atoms with van der Waals surface area (Å²) in [7, 11) is 0. The highest BCUT2D eigenvalue weighted by molar-refractivity contribution is 8.20. The maximum Gasteiger partial charge on any atom is 0.0467 e. The van der Waals surface area contributed by atoms with Crippen molar-refractivity contribution in [1.82, 2.24) is 4.31 Å². The number of nitrogens with zero attached hydrogens (tertiary/aromatic N) is 1. The van der Waals surface area contributed by atoms with E-state index in [0.717, 1.165) is 23.3 Å². The van der Waals surface area contributed by atoms with Crippen LogP contribution < -0.4 is 0 Å². The minimum absolute atomic E-state index is 0.363. The first-order valence-electron chi connectivity index (χ1n) is 6.12. The van der Waals surface area contributed by atoms with Crippen molar-refractivity contribution in [3.8, 4) is 0 Å². The van der Waals surface area contributed by atoms with E-state index in [9.17, 15) is 0 Å². The SMILES string of the molecule is CC(C)C1CC[C@@]2(C)CC2C[SH]2CN12. The van der Waals surface area contributed by atoms with Crippen molar-refractivity contribution >= 4 is 11.1 Å². The first kappa shape index (κ1) is 9.53. The Balaban J connectivity index is 1.72. The van der Waals surface area contributed by atoms with E-state index < -0.39 is 0 Å². The standard InChI is InChI=1S/C12H23NS/c1-9(2)11-4-5-12(3)6-10(12)7-14-8-13(11)14/h9-11,14H,4-8H2,1-3H3/t10?,11?,12-,13?/m0/s1. The summed E-state index contributed by atoms with van der Waals surface area (Å²) in [5.74, 6) is 5.05. The quantitative estimate of drug-likeness (QED) is 0.517. The summed E-state index contributed by atoms with van der Waals surface area (Å²) in [6.45, 7) is 7.35. The van der Waals surface area contributed by atoms with Crippen LogP contribution in [0.15, 0.2) is 0 Å². The number of fused-ring (bicyclic) bond motifs is 2. The van der Waals surface area contributed by atoms with Crippen LogP contribution in [0.4, 0.5) is 0 Å². The van der Waals surface area contributed by atoms with Crippen molar-refractivity contribution in [1.29, 1.82) is 0 Å². The molecule has 0 spiro atoms. The molecule has 2 saturated heterocycles. The van der Waals surface area contributed by atoms with Gasteiger partial charge in [-0.15, -0.1) is 0 Å². The topological polar surface area (TPSA) is 3.01 Å². The molecule has 2 heteroatoms. The molecule has 14 heavy (non-hydrogen) atoms. The smallest absolute Gasteiger partial charge is 0.0467 e. The first-order chi connectivity index (χ1) is 6.60. The minimum atomic E-state index is 0.363. The van der Waals surface area contributed by atoms with E-state index in [1.54, 1.807) is 12.2 Å². The summed E-state index contributed by atoms with van der Waals surface area (Å²) in [5, 5.41) is 0. The van der Waals surface area contributed by atoms with Gasteiger partial charge in [-0.2, -0.15) is 11.1 Å². The number of hydrogen-bond donors (Lipinski definition) is 1. The molecule has 2 aliphatic heterocycles. The molecule has 1 saturated carbocycles. The van der Waals surface area contributed by atoms with E-state index in [-0.39, 0.29) is 0 Å². The molecule has 3 fully saturated rings. The fraction of sp³-hybridized carbons (Fsp3) is 1.00. The second kappa shape index (κ2) is 2.91. The fourth-order valence-electron chi connectivity index (χ4n) is 3.27. The number of thiol groups is 1. The lowest BCUT2D eigenvalue weighted by Crippen LogP contribution is -2.26. The molecule has 5 atom stereocenters. The zero-order valence-corrected chi connectivity index (χ0v) is 10.6. The lowest BCUT2D eigenvalue weighted by Gasteiger charge is -2.27. The van der Waals surface area contributed by atoms with Gasteiger partial charge < -0.3 is 0 Å². The van der Waals surface area contributed by atoms with Crippen molar-refractivity contribution in [2.24, 2.45) is 17.3 Å². The molecule has 0 bridgehead atoms. The molecule has 0 aromatic carbocycles. The predicted octanol–water partition coefficient (Wildman–Crippen LogP) is 3.02. The largest absolute Gasteiger partial charge is 0.256 e. The van der Waals surface area contributed by atoms with Crippen LogP contribution in [0, 0.1) is 17.3 Å². The molecular weight excluding hydrogens is 190 g/mol. The molecular formula is C12H23NS. The van der Waals surface area contributed by atoms with E-state index in [1.807, 2.05) is 0 Å². The average Bonchev–Trinajstić information content (AvgIpc) is 2.94. The highest BCUT2D eigenvalue weighted by atomic mass is 32.2. The van der Waals surface area contributed by atoms with Crippen molar-refractivity contribution < 1.29 is 0 Å². The van der Waals surface area contributed by atoms with Gasteiger partial charge in [-0.25, -0.2) is 0 Å². The zero-order valence-electron chi connectivity index (χ0n) is 9.66. The van der Waals surface area contributed by atoms with E-state index in [0.29, 0.717) is 11.1 Å². The molecule has 3 aliphatic rings. The van der Waals surface area contributed by atoms with Gasteiger partial charge in [0.05, 0.1) is 0 Å². The van der Waals surface area contributed by atoms with E-state index in [2.05, 4.69) is 25.1 Å². The summed E-state index contributed by atoms with van der Waals surface area (Å²) >= 11 is 0.363. The molecule has 0 N–H and O–H groups in total. The third-order valence-electron chi connectivity index (χ3n) is 4.72. The molecule has 0 aromatic rings. The van der Waals surface area contributed by atoms with Crippen molar-refractivity contribution in [3.63, 3.8) is 0 Å². The van der Waals surface area contributed by atoms with E-state index >= 15 is 0 Å². The lowest BCUT2D eigenvalue weighted by molar-refractivity contribution is 0.286. The van der Waals surface area contributed by atoms with Crippen LogP contribution in [0.1, 0.15) is 40.0 Å². The molecule has 1 aliphatic carbocycles. The highest BCUT2D eigenvalue weighted by Crippen LogP contribution is 2.65. The van der Waals surface area contributed by atoms with Crippen LogP contribution in [0.5, 0.6) is 0 Å². The maximum absolute atomic E-state index is 2.83. The van der Waals surface area contributed by atoms with Crippen LogP contribution in [0.25, 0.3) is 0 Å². The third-order valence-corrected chi connectivity index (χ3v) is 7.05. The van der Waals surface area contributed by atoms with Crippen LogP contribution in [-0.2, 0) is 0 Å². The molecule has 3 rings (SSSR count). The van der Waals surface area contributed by atoms with Gasteiger partial charge in [0.1, 0.15) is 0 Å². The normalized spacial score (nSPS) is 58.3. The van der Waals surface area contributed by atoms with E-state index in [4.69, 9.17) is 0 Å². The van der Waals surface area contributed by atoms with Crippen LogP contribution >= 0.6 is 11.1 Å². The fourth-order valence-corrected chi connectivity index (χ4v) is 6.23. The highest BCUT2D eigenvalue weighted by Gasteiger charge is 2.54. The lowest BCUT2D eigenvalue weighted by atomic mass is 9.92. The monoisotopic (exact) mass is 213 g/mol. The van der Waals surface area contributed by atoms with E-state index in [1.165, 1.54) is 18.7 Å². The van der Waals surface area contributed by atoms with Gasteiger partial charge in [0.2, 0.25) is 0 Å². The number of rotatable bonds is 1. The summed E-state index contributed by atoms with van der Waals surface area (Å²) in [4.78, 5) is 0. The van der Waals surface area contributed by atoms with Gasteiger partial charge in [0.25, 0.3) is 0 Å². The number of hydrogen-bond acceptors (Lipinski definition) is 1. The summed E-state index contributed by atoms with van der Waals surface area (Å²) in [6, 6.07) is 0.930. The van der Waals surface area contributed by atoms with Crippen molar-refractivity contribution in [2.75, 3.05) is 11.6 Å². The summed E-state index contributed by atoms with van der Waals surface area (Å²) in [6.07, 6.45) is 4.52. The van der Waals surface area contributed by atoms with Crippen LogP contribution in [-0.4, -0.2) is 22.0 Å². The van der Waals surface area contributed by atoms with Gasteiger partial charge in [-0.05, 0) is 42.3 Å². The molecule has 1 nitrogen and oxygen atoms in total. The Morgan fingerprint density at radius 1 is 1.43 bits per heavy atom. The molecule has 0 aromatic heterocycles.